The molecule has 28 heavy (non-hydrogen) atoms. The second kappa shape index (κ2) is 10.1. The predicted octanol–water partition coefficient (Wildman–Crippen LogP) is 4.02. The van der Waals surface area contributed by atoms with E-state index in [-0.39, 0.29) is 5.97 Å². The van der Waals surface area contributed by atoms with Gasteiger partial charge in [-0.2, -0.15) is 0 Å². The Labute approximate surface area is 175 Å². The maximum atomic E-state index is 12.2. The molecular formula is C17H21N5O3S3. The van der Waals surface area contributed by atoms with Crippen molar-refractivity contribution < 1.29 is 14.3 Å². The molecule has 11 heteroatoms. The summed E-state index contributed by atoms with van der Waals surface area (Å²) in [5, 5.41) is 14.0. The smallest absolute Gasteiger partial charge is 0.348 e. The summed E-state index contributed by atoms with van der Waals surface area (Å²) in [6.07, 6.45) is 2.41. The number of anilines is 1. The van der Waals surface area contributed by atoms with Crippen molar-refractivity contribution in [2.75, 3.05) is 31.7 Å². The summed E-state index contributed by atoms with van der Waals surface area (Å²) >= 11 is 4.21. The molecule has 0 aliphatic carbocycles. The standard InChI is InChI=1S/C17H21N5O3S3/c1-4-24-8-6-7-18-16-21-22-17(28-16)27-14-11-10(3)12(15(23)25-5-2)26-13(11)19-9-20-14/h9H,4-8H2,1-3H3,(H,18,21). The predicted molar refractivity (Wildman–Crippen MR) is 112 cm³/mol. The Morgan fingerprint density at radius 3 is 2.86 bits per heavy atom. The van der Waals surface area contributed by atoms with Crippen LogP contribution in [0.5, 0.6) is 0 Å². The molecule has 0 unspecified atom stereocenters. The number of ether oxygens (including phenoxy) is 2. The minimum absolute atomic E-state index is 0.326. The third-order valence-corrected chi connectivity index (χ3v) is 6.80. The molecule has 0 radical (unpaired) electrons. The first-order valence-electron chi connectivity index (χ1n) is 8.88. The number of thiophene rings is 1. The molecule has 0 fully saturated rings. The van der Waals surface area contributed by atoms with Crippen molar-refractivity contribution in [1.29, 1.82) is 0 Å². The highest BCUT2D eigenvalue weighted by Gasteiger charge is 2.21. The summed E-state index contributed by atoms with van der Waals surface area (Å²) in [5.74, 6) is -0.326. The van der Waals surface area contributed by atoms with Crippen LogP contribution in [0.25, 0.3) is 10.2 Å². The highest BCUT2D eigenvalue weighted by atomic mass is 32.2. The van der Waals surface area contributed by atoms with E-state index in [4.69, 9.17) is 9.47 Å². The van der Waals surface area contributed by atoms with E-state index in [0.29, 0.717) is 11.5 Å². The molecule has 3 heterocycles. The second-order valence-corrected chi connectivity index (χ2v) is 8.80. The number of hydrogen-bond acceptors (Lipinski definition) is 11. The molecule has 3 rings (SSSR count). The Morgan fingerprint density at radius 1 is 1.21 bits per heavy atom. The normalized spacial score (nSPS) is 11.1. The van der Waals surface area contributed by atoms with Gasteiger partial charge >= 0.3 is 5.97 Å². The summed E-state index contributed by atoms with van der Waals surface area (Å²) in [6, 6.07) is 0. The lowest BCUT2D eigenvalue weighted by Crippen LogP contribution is -2.05. The average molecular weight is 440 g/mol. The van der Waals surface area contributed by atoms with E-state index in [1.54, 1.807) is 6.92 Å². The molecule has 1 N–H and O–H groups in total. The van der Waals surface area contributed by atoms with Crippen LogP contribution in [0.15, 0.2) is 15.7 Å². The lowest BCUT2D eigenvalue weighted by atomic mass is 10.2. The fourth-order valence-corrected chi connectivity index (χ4v) is 5.38. The quantitative estimate of drug-likeness (QED) is 0.285. The van der Waals surface area contributed by atoms with E-state index in [1.807, 2.05) is 13.8 Å². The SMILES string of the molecule is CCOCCCNc1nnc(Sc2ncnc3sc(C(=O)OCC)c(C)c23)s1. The molecule has 0 spiro atoms. The first-order chi connectivity index (χ1) is 13.6. The number of carbonyl (C=O) groups is 1. The van der Waals surface area contributed by atoms with Crippen LogP contribution in [0.3, 0.4) is 0 Å². The number of nitrogens with zero attached hydrogens (tertiary/aromatic N) is 4. The van der Waals surface area contributed by atoms with Crippen LogP contribution < -0.4 is 5.32 Å². The molecule has 0 atom stereocenters. The van der Waals surface area contributed by atoms with E-state index < -0.39 is 0 Å². The Morgan fingerprint density at radius 2 is 2.07 bits per heavy atom. The molecule has 0 saturated carbocycles. The van der Waals surface area contributed by atoms with E-state index in [0.717, 1.165) is 56.5 Å². The minimum atomic E-state index is -0.326. The number of rotatable bonds is 10. The lowest BCUT2D eigenvalue weighted by molar-refractivity contribution is 0.0531. The van der Waals surface area contributed by atoms with Gasteiger partial charge in [0.1, 0.15) is 21.1 Å². The molecule has 0 aliphatic heterocycles. The summed E-state index contributed by atoms with van der Waals surface area (Å²) in [4.78, 5) is 22.2. The number of fused-ring (bicyclic) bond motifs is 1. The molecule has 0 aromatic carbocycles. The number of aromatic nitrogens is 4. The number of nitrogens with one attached hydrogen (secondary N) is 1. The summed E-state index contributed by atoms with van der Waals surface area (Å²) in [7, 11) is 0. The van der Waals surface area contributed by atoms with Gasteiger partial charge in [0.25, 0.3) is 0 Å². The van der Waals surface area contributed by atoms with E-state index in [1.165, 1.54) is 40.8 Å². The van der Waals surface area contributed by atoms with Crippen molar-refractivity contribution >= 4 is 55.8 Å². The van der Waals surface area contributed by atoms with Gasteiger partial charge in [-0.25, -0.2) is 14.8 Å². The molecule has 8 nitrogen and oxygen atoms in total. The van der Waals surface area contributed by atoms with Gasteiger partial charge in [0, 0.05) is 25.1 Å². The van der Waals surface area contributed by atoms with Gasteiger partial charge in [0.2, 0.25) is 5.13 Å². The van der Waals surface area contributed by atoms with Crippen LogP contribution in [0.1, 0.15) is 35.5 Å². The Bertz CT molecular complexity index is 943. The summed E-state index contributed by atoms with van der Waals surface area (Å²) in [6.45, 7) is 8.24. The van der Waals surface area contributed by atoms with Crippen LogP contribution in [0.2, 0.25) is 0 Å². The van der Waals surface area contributed by atoms with Crippen LogP contribution in [0, 0.1) is 6.92 Å². The van der Waals surface area contributed by atoms with Gasteiger partial charge in [0.15, 0.2) is 4.34 Å². The third kappa shape index (κ3) is 4.96. The van der Waals surface area contributed by atoms with Crippen molar-refractivity contribution in [1.82, 2.24) is 20.2 Å². The van der Waals surface area contributed by atoms with E-state index in [9.17, 15) is 4.79 Å². The summed E-state index contributed by atoms with van der Waals surface area (Å²) in [5.41, 5.74) is 0.834. The lowest BCUT2D eigenvalue weighted by Gasteiger charge is -2.02. The second-order valence-electron chi connectivity index (χ2n) is 5.59. The third-order valence-electron chi connectivity index (χ3n) is 3.69. The average Bonchev–Trinajstić information content (AvgIpc) is 3.27. The molecule has 0 amide bonds. The van der Waals surface area contributed by atoms with Gasteiger partial charge in [0.05, 0.1) is 6.61 Å². The van der Waals surface area contributed by atoms with Crippen LogP contribution in [0.4, 0.5) is 5.13 Å². The molecular weight excluding hydrogens is 418 g/mol. The van der Waals surface area contributed by atoms with E-state index >= 15 is 0 Å². The zero-order valence-corrected chi connectivity index (χ0v) is 18.3. The summed E-state index contributed by atoms with van der Waals surface area (Å²) < 4.78 is 11.2. The highest BCUT2D eigenvalue weighted by molar-refractivity contribution is 8.01. The van der Waals surface area contributed by atoms with Gasteiger partial charge < -0.3 is 14.8 Å². The molecule has 0 bridgehead atoms. The van der Waals surface area contributed by atoms with E-state index in [2.05, 4.69) is 25.5 Å². The first-order valence-corrected chi connectivity index (χ1v) is 11.3. The number of aryl methyl sites for hydroxylation is 1. The monoisotopic (exact) mass is 439 g/mol. The number of hydrogen-bond donors (Lipinski definition) is 1. The Kier molecular flexibility index (Phi) is 7.54. The van der Waals surface area contributed by atoms with Crippen molar-refractivity contribution in [3.05, 3.63) is 16.8 Å². The topological polar surface area (TPSA) is 99.1 Å². The Hall–Kier alpha value is -1.82. The van der Waals surface area contributed by atoms with Crippen LogP contribution in [-0.4, -0.2) is 52.5 Å². The Balaban J connectivity index is 1.73. The maximum Gasteiger partial charge on any atom is 0.348 e. The zero-order chi connectivity index (χ0) is 19.9. The van der Waals surface area contributed by atoms with Crippen molar-refractivity contribution in [3.8, 4) is 0 Å². The number of esters is 1. The van der Waals surface area contributed by atoms with Gasteiger partial charge in [-0.1, -0.05) is 11.3 Å². The molecule has 150 valence electrons. The van der Waals surface area contributed by atoms with Crippen molar-refractivity contribution in [2.45, 2.75) is 36.6 Å². The first kappa shape index (κ1) is 20.9. The fraction of sp³-hybridized carbons (Fsp3) is 0.471. The van der Waals surface area contributed by atoms with Crippen molar-refractivity contribution in [2.24, 2.45) is 0 Å². The number of carbonyl (C=O) groups excluding carboxylic acids is 1. The molecule has 0 saturated heterocycles. The molecule has 3 aromatic heterocycles. The van der Waals surface area contributed by atoms with Crippen LogP contribution >= 0.6 is 34.4 Å². The van der Waals surface area contributed by atoms with Gasteiger partial charge in [-0.3, -0.25) is 0 Å². The fourth-order valence-electron chi connectivity index (χ4n) is 2.43. The van der Waals surface area contributed by atoms with Crippen molar-refractivity contribution in [3.63, 3.8) is 0 Å². The van der Waals surface area contributed by atoms with Gasteiger partial charge in [-0.15, -0.1) is 21.5 Å². The van der Waals surface area contributed by atoms with Crippen LogP contribution in [-0.2, 0) is 9.47 Å². The molecule has 0 aliphatic rings. The zero-order valence-electron chi connectivity index (χ0n) is 15.9. The minimum Gasteiger partial charge on any atom is -0.462 e. The molecule has 3 aromatic rings. The highest BCUT2D eigenvalue weighted by Crippen LogP contribution is 2.39. The largest absolute Gasteiger partial charge is 0.462 e. The van der Waals surface area contributed by atoms with Gasteiger partial charge in [-0.05, 0) is 44.5 Å². The maximum absolute atomic E-state index is 12.2.